The van der Waals surface area contributed by atoms with Crippen LogP contribution >= 0.6 is 0 Å². The molecule has 2 aromatic rings. The molecule has 0 unspecified atom stereocenters. The Bertz CT molecular complexity index is 661. The second-order valence-corrected chi connectivity index (χ2v) is 4.79. The van der Waals surface area contributed by atoms with Gasteiger partial charge in [0.05, 0.1) is 26.0 Å². The lowest BCUT2D eigenvalue weighted by Crippen LogP contribution is -2.32. The third-order valence-corrected chi connectivity index (χ3v) is 3.31. The summed E-state index contributed by atoms with van der Waals surface area (Å²) in [6, 6.07) is 13.8. The van der Waals surface area contributed by atoms with Gasteiger partial charge in [-0.2, -0.15) is 0 Å². The lowest BCUT2D eigenvalue weighted by atomic mass is 10.1. The summed E-state index contributed by atoms with van der Waals surface area (Å²) in [6.07, 6.45) is -0.866. The van der Waals surface area contributed by atoms with Crippen LogP contribution in [-0.2, 0) is 0 Å². The first-order valence-corrected chi connectivity index (χ1v) is 7.14. The van der Waals surface area contributed by atoms with Gasteiger partial charge in [0, 0.05) is 12.1 Å². The Kier molecular flexibility index (Phi) is 5.82. The smallest absolute Gasteiger partial charge is 0.319 e. The van der Waals surface area contributed by atoms with E-state index in [2.05, 4.69) is 10.6 Å². The maximum atomic E-state index is 12.0. The molecule has 23 heavy (non-hydrogen) atoms. The van der Waals surface area contributed by atoms with Crippen molar-refractivity contribution < 1.29 is 19.4 Å². The normalized spacial score (nSPS) is 11.4. The number of amides is 2. The number of para-hydroxylation sites is 3. The van der Waals surface area contributed by atoms with E-state index in [1.165, 1.54) is 14.2 Å². The molecule has 3 N–H and O–H groups in total. The molecule has 0 aliphatic carbocycles. The SMILES string of the molecule is COc1ccccc1NC(=O)NC[C@H](O)c1ccccc1OC. The van der Waals surface area contributed by atoms with Gasteiger partial charge < -0.3 is 25.2 Å². The third kappa shape index (κ3) is 4.37. The van der Waals surface area contributed by atoms with Gasteiger partial charge in [0.15, 0.2) is 0 Å². The molecule has 122 valence electrons. The van der Waals surface area contributed by atoms with Gasteiger partial charge in [0.1, 0.15) is 11.5 Å². The second-order valence-electron chi connectivity index (χ2n) is 4.79. The molecule has 0 aromatic heterocycles. The minimum Gasteiger partial charge on any atom is -0.496 e. The first-order valence-electron chi connectivity index (χ1n) is 7.14. The second kappa shape index (κ2) is 8.05. The number of methoxy groups -OCH3 is 2. The van der Waals surface area contributed by atoms with Crippen LogP contribution in [0.25, 0.3) is 0 Å². The number of hydrogen-bond acceptors (Lipinski definition) is 4. The highest BCUT2D eigenvalue weighted by Crippen LogP contribution is 2.25. The largest absolute Gasteiger partial charge is 0.496 e. The average Bonchev–Trinajstić information content (AvgIpc) is 2.60. The zero-order valence-electron chi connectivity index (χ0n) is 13.1. The number of carbonyl (C=O) groups excluding carboxylic acids is 1. The average molecular weight is 316 g/mol. The Morgan fingerprint density at radius 3 is 2.35 bits per heavy atom. The van der Waals surface area contributed by atoms with Gasteiger partial charge in [0.25, 0.3) is 0 Å². The van der Waals surface area contributed by atoms with Crippen molar-refractivity contribution in [2.24, 2.45) is 0 Å². The zero-order chi connectivity index (χ0) is 16.7. The van der Waals surface area contributed by atoms with Gasteiger partial charge in [0.2, 0.25) is 0 Å². The number of benzene rings is 2. The number of rotatable bonds is 6. The van der Waals surface area contributed by atoms with Crippen molar-refractivity contribution >= 4 is 11.7 Å². The third-order valence-electron chi connectivity index (χ3n) is 3.31. The Balaban J connectivity index is 1.94. The van der Waals surface area contributed by atoms with Crippen LogP contribution in [0, 0.1) is 0 Å². The molecular weight excluding hydrogens is 296 g/mol. The van der Waals surface area contributed by atoms with E-state index in [4.69, 9.17) is 9.47 Å². The predicted octanol–water partition coefficient (Wildman–Crippen LogP) is 2.56. The van der Waals surface area contributed by atoms with Gasteiger partial charge in [-0.25, -0.2) is 4.79 Å². The van der Waals surface area contributed by atoms with E-state index in [-0.39, 0.29) is 6.54 Å². The molecule has 2 aromatic carbocycles. The van der Waals surface area contributed by atoms with Crippen molar-refractivity contribution in [2.45, 2.75) is 6.10 Å². The van der Waals surface area contributed by atoms with Crippen molar-refractivity contribution in [3.05, 3.63) is 54.1 Å². The van der Waals surface area contributed by atoms with Crippen LogP contribution in [0.5, 0.6) is 11.5 Å². The molecule has 6 nitrogen and oxygen atoms in total. The van der Waals surface area contributed by atoms with Crippen molar-refractivity contribution in [3.8, 4) is 11.5 Å². The summed E-state index contributed by atoms with van der Waals surface area (Å²) in [5.41, 5.74) is 1.17. The van der Waals surface area contributed by atoms with Crippen molar-refractivity contribution in [1.82, 2.24) is 5.32 Å². The summed E-state index contributed by atoms with van der Waals surface area (Å²) in [7, 11) is 3.07. The van der Waals surface area contributed by atoms with Gasteiger partial charge in [-0.3, -0.25) is 0 Å². The zero-order valence-corrected chi connectivity index (χ0v) is 13.1. The topological polar surface area (TPSA) is 79.8 Å². The molecule has 0 aliphatic heterocycles. The molecule has 0 bridgehead atoms. The Labute approximate surface area is 135 Å². The minimum atomic E-state index is -0.866. The first-order chi connectivity index (χ1) is 11.2. The van der Waals surface area contributed by atoms with Crippen LogP contribution in [-0.4, -0.2) is 31.9 Å². The minimum absolute atomic E-state index is 0.0569. The monoisotopic (exact) mass is 316 g/mol. The summed E-state index contributed by atoms with van der Waals surface area (Å²) >= 11 is 0. The van der Waals surface area contributed by atoms with E-state index in [0.717, 1.165) is 0 Å². The van der Waals surface area contributed by atoms with Crippen LogP contribution in [0.3, 0.4) is 0 Å². The fraction of sp³-hybridized carbons (Fsp3) is 0.235. The lowest BCUT2D eigenvalue weighted by Gasteiger charge is -2.16. The molecule has 2 rings (SSSR count). The molecule has 2 amide bonds. The number of urea groups is 1. The van der Waals surface area contributed by atoms with Gasteiger partial charge in [-0.05, 0) is 18.2 Å². The molecule has 6 heteroatoms. The standard InChI is InChI=1S/C17H20N2O4/c1-22-15-9-5-3-7-12(15)14(20)11-18-17(21)19-13-8-4-6-10-16(13)23-2/h3-10,14,20H,11H2,1-2H3,(H2,18,19,21)/t14-/m0/s1. The summed E-state index contributed by atoms with van der Waals surface area (Å²) in [5, 5.41) is 15.5. The lowest BCUT2D eigenvalue weighted by molar-refractivity contribution is 0.171. The number of ether oxygens (including phenoxy) is 2. The van der Waals surface area contributed by atoms with Crippen molar-refractivity contribution in [2.75, 3.05) is 26.1 Å². The van der Waals surface area contributed by atoms with E-state index in [1.807, 2.05) is 12.1 Å². The molecule has 0 saturated carbocycles. The van der Waals surface area contributed by atoms with Gasteiger partial charge >= 0.3 is 6.03 Å². The highest BCUT2D eigenvalue weighted by atomic mass is 16.5. The van der Waals surface area contributed by atoms with E-state index in [0.29, 0.717) is 22.7 Å². The van der Waals surface area contributed by atoms with Crippen LogP contribution in [0.15, 0.2) is 48.5 Å². The van der Waals surface area contributed by atoms with Crippen LogP contribution < -0.4 is 20.1 Å². The number of aliphatic hydroxyl groups excluding tert-OH is 1. The molecule has 1 atom stereocenters. The number of anilines is 1. The van der Waals surface area contributed by atoms with E-state index >= 15 is 0 Å². The van der Waals surface area contributed by atoms with Gasteiger partial charge in [-0.15, -0.1) is 0 Å². The van der Waals surface area contributed by atoms with E-state index in [9.17, 15) is 9.90 Å². The number of hydrogen-bond donors (Lipinski definition) is 3. The Morgan fingerprint density at radius 2 is 1.65 bits per heavy atom. The molecule has 0 spiro atoms. The number of aliphatic hydroxyl groups is 1. The van der Waals surface area contributed by atoms with Gasteiger partial charge in [-0.1, -0.05) is 30.3 Å². The van der Waals surface area contributed by atoms with Crippen LogP contribution in [0.4, 0.5) is 10.5 Å². The maximum Gasteiger partial charge on any atom is 0.319 e. The molecular formula is C17H20N2O4. The Hall–Kier alpha value is -2.73. The van der Waals surface area contributed by atoms with Crippen LogP contribution in [0.2, 0.25) is 0 Å². The van der Waals surface area contributed by atoms with E-state index in [1.54, 1.807) is 36.4 Å². The Morgan fingerprint density at radius 1 is 1.04 bits per heavy atom. The molecule has 0 heterocycles. The van der Waals surface area contributed by atoms with E-state index < -0.39 is 12.1 Å². The molecule has 0 saturated heterocycles. The maximum absolute atomic E-state index is 12.0. The summed E-state index contributed by atoms with van der Waals surface area (Å²) in [6.45, 7) is 0.0569. The quantitative estimate of drug-likeness (QED) is 0.765. The predicted molar refractivity (Wildman–Crippen MR) is 88.0 cm³/mol. The van der Waals surface area contributed by atoms with Crippen LogP contribution in [0.1, 0.15) is 11.7 Å². The fourth-order valence-electron chi connectivity index (χ4n) is 2.16. The highest BCUT2D eigenvalue weighted by Gasteiger charge is 2.14. The van der Waals surface area contributed by atoms with Crippen molar-refractivity contribution in [1.29, 1.82) is 0 Å². The fourth-order valence-corrected chi connectivity index (χ4v) is 2.16. The number of carbonyl (C=O) groups is 1. The molecule has 0 aliphatic rings. The summed E-state index contributed by atoms with van der Waals surface area (Å²) in [5.74, 6) is 1.14. The van der Waals surface area contributed by atoms with Crippen molar-refractivity contribution in [3.63, 3.8) is 0 Å². The summed E-state index contributed by atoms with van der Waals surface area (Å²) in [4.78, 5) is 12.0. The number of nitrogens with one attached hydrogen (secondary N) is 2. The first kappa shape index (κ1) is 16.6. The summed E-state index contributed by atoms with van der Waals surface area (Å²) < 4.78 is 10.4. The highest BCUT2D eigenvalue weighted by molar-refractivity contribution is 5.90. The molecule has 0 fully saturated rings. The molecule has 0 radical (unpaired) electrons.